The van der Waals surface area contributed by atoms with E-state index in [2.05, 4.69) is 15.6 Å². The highest BCUT2D eigenvalue weighted by atomic mass is 127. The van der Waals surface area contributed by atoms with Crippen molar-refractivity contribution >= 4 is 45.8 Å². The molecule has 2 aromatic carbocycles. The molecule has 0 aliphatic rings. The summed E-state index contributed by atoms with van der Waals surface area (Å²) >= 11 is 2.00. The van der Waals surface area contributed by atoms with Gasteiger partial charge in [-0.05, 0) is 71.1 Å². The van der Waals surface area contributed by atoms with E-state index >= 15 is 0 Å². The normalized spacial score (nSPS) is 11.0. The summed E-state index contributed by atoms with van der Waals surface area (Å²) in [7, 11) is 0. The molecular weight excluding hydrogens is 498 g/mol. The second-order valence-electron chi connectivity index (χ2n) is 5.92. The average molecular weight is 511 g/mol. The predicted octanol–water partition coefficient (Wildman–Crippen LogP) is 5.21. The van der Waals surface area contributed by atoms with Crippen LogP contribution in [0.15, 0.2) is 67.0 Å². The van der Waals surface area contributed by atoms with Crippen molar-refractivity contribution in [2.45, 2.75) is 6.18 Å². The van der Waals surface area contributed by atoms with Crippen molar-refractivity contribution in [3.05, 3.63) is 87.3 Å². The molecule has 0 bridgehead atoms. The average Bonchev–Trinajstić information content (AvgIpc) is 2.69. The first kappa shape index (κ1) is 20.8. The lowest BCUT2D eigenvalue weighted by molar-refractivity contribution is -0.137. The summed E-state index contributed by atoms with van der Waals surface area (Å²) in [6.45, 7) is 0. The van der Waals surface area contributed by atoms with Crippen molar-refractivity contribution in [1.82, 2.24) is 4.98 Å². The molecule has 1 heterocycles. The van der Waals surface area contributed by atoms with Crippen LogP contribution in [0, 0.1) is 3.57 Å². The number of aromatic nitrogens is 1. The van der Waals surface area contributed by atoms with Gasteiger partial charge in [-0.15, -0.1) is 0 Å². The number of amides is 2. The highest BCUT2D eigenvalue weighted by Crippen LogP contribution is 2.31. The van der Waals surface area contributed by atoms with Crippen molar-refractivity contribution in [1.29, 1.82) is 0 Å². The Labute approximate surface area is 177 Å². The number of halogens is 4. The molecule has 0 aliphatic heterocycles. The highest BCUT2D eigenvalue weighted by molar-refractivity contribution is 14.1. The van der Waals surface area contributed by atoms with Crippen LogP contribution >= 0.6 is 22.6 Å². The molecule has 0 unspecified atom stereocenters. The van der Waals surface area contributed by atoms with Crippen LogP contribution in [0.25, 0.3) is 0 Å². The highest BCUT2D eigenvalue weighted by Gasteiger charge is 2.30. The number of rotatable bonds is 4. The number of hydrogen-bond acceptors (Lipinski definition) is 3. The lowest BCUT2D eigenvalue weighted by Gasteiger charge is -2.13. The SMILES string of the molecule is O=C(Nc1ccc(I)cc1C(=O)Nc1cccc(C(F)(F)F)c1)c1cccnc1. The summed E-state index contributed by atoms with van der Waals surface area (Å²) in [6.07, 6.45) is -1.62. The molecule has 148 valence electrons. The van der Waals surface area contributed by atoms with Gasteiger partial charge in [-0.3, -0.25) is 14.6 Å². The molecule has 0 atom stereocenters. The fourth-order valence-corrected chi connectivity index (χ4v) is 2.97. The van der Waals surface area contributed by atoms with Gasteiger partial charge >= 0.3 is 6.18 Å². The minimum absolute atomic E-state index is 0.00628. The maximum absolute atomic E-state index is 12.9. The second-order valence-corrected chi connectivity index (χ2v) is 7.16. The van der Waals surface area contributed by atoms with E-state index < -0.39 is 23.6 Å². The molecule has 0 aliphatic carbocycles. The van der Waals surface area contributed by atoms with Gasteiger partial charge in [-0.1, -0.05) is 6.07 Å². The summed E-state index contributed by atoms with van der Waals surface area (Å²) in [6, 6.07) is 12.3. The van der Waals surface area contributed by atoms with E-state index in [0.717, 1.165) is 15.7 Å². The van der Waals surface area contributed by atoms with Gasteiger partial charge in [0.1, 0.15) is 0 Å². The minimum atomic E-state index is -4.52. The molecule has 0 fully saturated rings. The van der Waals surface area contributed by atoms with Crippen molar-refractivity contribution < 1.29 is 22.8 Å². The van der Waals surface area contributed by atoms with Gasteiger partial charge in [0.25, 0.3) is 11.8 Å². The molecule has 2 N–H and O–H groups in total. The van der Waals surface area contributed by atoms with E-state index in [-0.39, 0.29) is 16.9 Å². The third-order valence-electron chi connectivity index (χ3n) is 3.85. The molecule has 29 heavy (non-hydrogen) atoms. The number of carbonyl (C=O) groups excluding carboxylic acids is 2. The Morgan fingerprint density at radius 2 is 1.72 bits per heavy atom. The Morgan fingerprint density at radius 3 is 2.41 bits per heavy atom. The Morgan fingerprint density at radius 1 is 0.931 bits per heavy atom. The lowest BCUT2D eigenvalue weighted by atomic mass is 10.1. The van der Waals surface area contributed by atoms with E-state index in [1.165, 1.54) is 30.6 Å². The molecule has 9 heteroatoms. The molecule has 0 spiro atoms. The van der Waals surface area contributed by atoms with E-state index in [9.17, 15) is 22.8 Å². The summed E-state index contributed by atoms with van der Waals surface area (Å²) in [5.41, 5.74) is -0.234. The summed E-state index contributed by atoms with van der Waals surface area (Å²) in [5.74, 6) is -1.11. The number of hydrogen-bond donors (Lipinski definition) is 2. The van der Waals surface area contributed by atoms with Crippen molar-refractivity contribution in [2.24, 2.45) is 0 Å². The lowest BCUT2D eigenvalue weighted by Crippen LogP contribution is -2.19. The minimum Gasteiger partial charge on any atom is -0.322 e. The van der Waals surface area contributed by atoms with E-state index in [0.29, 0.717) is 5.56 Å². The molecule has 1 aromatic heterocycles. The molecule has 3 rings (SSSR count). The van der Waals surface area contributed by atoms with Crippen LogP contribution < -0.4 is 10.6 Å². The van der Waals surface area contributed by atoms with Crippen LogP contribution in [-0.4, -0.2) is 16.8 Å². The molecule has 0 radical (unpaired) electrons. The van der Waals surface area contributed by atoms with Gasteiger partial charge in [0.15, 0.2) is 0 Å². The van der Waals surface area contributed by atoms with Crippen molar-refractivity contribution in [2.75, 3.05) is 10.6 Å². The molecular formula is C20H13F3IN3O2. The summed E-state index contributed by atoms with van der Waals surface area (Å²) in [5, 5.41) is 5.08. The van der Waals surface area contributed by atoms with Crippen LogP contribution in [0.1, 0.15) is 26.3 Å². The maximum Gasteiger partial charge on any atom is 0.416 e. The number of benzene rings is 2. The second kappa shape index (κ2) is 8.60. The number of alkyl halides is 3. The smallest absolute Gasteiger partial charge is 0.322 e. The molecule has 2 amide bonds. The van der Waals surface area contributed by atoms with Crippen molar-refractivity contribution in [3.8, 4) is 0 Å². The van der Waals surface area contributed by atoms with Crippen LogP contribution in [0.3, 0.4) is 0 Å². The predicted molar refractivity (Wildman–Crippen MR) is 111 cm³/mol. The van der Waals surface area contributed by atoms with E-state index in [4.69, 9.17) is 0 Å². The first-order valence-corrected chi connectivity index (χ1v) is 9.31. The van der Waals surface area contributed by atoms with Gasteiger partial charge in [0.2, 0.25) is 0 Å². The quantitative estimate of drug-likeness (QED) is 0.473. The fourth-order valence-electron chi connectivity index (χ4n) is 2.48. The Balaban J connectivity index is 1.86. The van der Waals surface area contributed by atoms with Crippen molar-refractivity contribution in [3.63, 3.8) is 0 Å². The van der Waals surface area contributed by atoms with Gasteiger partial charge < -0.3 is 10.6 Å². The zero-order valence-electron chi connectivity index (χ0n) is 14.6. The fraction of sp³-hybridized carbons (Fsp3) is 0.0500. The molecule has 0 saturated heterocycles. The largest absolute Gasteiger partial charge is 0.416 e. The first-order chi connectivity index (χ1) is 13.7. The van der Waals surface area contributed by atoms with Crippen LogP contribution in [0.4, 0.5) is 24.5 Å². The monoisotopic (exact) mass is 511 g/mol. The van der Waals surface area contributed by atoms with Gasteiger partial charge in [-0.2, -0.15) is 13.2 Å². The topological polar surface area (TPSA) is 71.1 Å². The Bertz CT molecular complexity index is 1060. The van der Waals surface area contributed by atoms with Gasteiger partial charge in [0, 0.05) is 21.7 Å². The third kappa shape index (κ3) is 5.31. The van der Waals surface area contributed by atoms with Crippen LogP contribution in [0.5, 0.6) is 0 Å². The number of nitrogens with one attached hydrogen (secondary N) is 2. The Hall–Kier alpha value is -2.95. The third-order valence-corrected chi connectivity index (χ3v) is 4.52. The number of carbonyl (C=O) groups is 2. The van der Waals surface area contributed by atoms with E-state index in [1.54, 1.807) is 24.3 Å². The number of anilines is 2. The van der Waals surface area contributed by atoms with Crippen LogP contribution in [0.2, 0.25) is 0 Å². The van der Waals surface area contributed by atoms with Gasteiger partial charge in [0.05, 0.1) is 22.4 Å². The van der Waals surface area contributed by atoms with E-state index in [1.807, 2.05) is 22.6 Å². The summed E-state index contributed by atoms with van der Waals surface area (Å²) in [4.78, 5) is 29.0. The number of nitrogens with zero attached hydrogens (tertiary/aromatic N) is 1. The summed E-state index contributed by atoms with van der Waals surface area (Å²) < 4.78 is 39.4. The first-order valence-electron chi connectivity index (χ1n) is 8.23. The van der Waals surface area contributed by atoms with Gasteiger partial charge in [-0.25, -0.2) is 0 Å². The zero-order valence-corrected chi connectivity index (χ0v) is 16.8. The molecule has 3 aromatic rings. The molecule has 0 saturated carbocycles. The molecule has 5 nitrogen and oxygen atoms in total. The van der Waals surface area contributed by atoms with Crippen LogP contribution in [-0.2, 0) is 6.18 Å². The Kier molecular flexibility index (Phi) is 6.16. The maximum atomic E-state index is 12.9. The zero-order chi connectivity index (χ0) is 21.0. The number of pyridine rings is 1. The standard InChI is InChI=1S/C20H13F3IN3O2/c21-20(22,23)13-4-1-5-15(9-13)26-19(29)16-10-14(24)6-7-17(16)27-18(28)12-3-2-8-25-11-12/h1-11H,(H,26,29)(H,27,28).